The lowest BCUT2D eigenvalue weighted by Gasteiger charge is -2.04. The summed E-state index contributed by atoms with van der Waals surface area (Å²) in [5.74, 6) is 1.59. The van der Waals surface area contributed by atoms with Crippen LogP contribution in [0.2, 0.25) is 0 Å². The van der Waals surface area contributed by atoms with E-state index in [0.29, 0.717) is 24.5 Å². The molecule has 0 unspecified atom stereocenters. The zero-order chi connectivity index (χ0) is 14.6. The molecule has 0 aliphatic heterocycles. The van der Waals surface area contributed by atoms with E-state index >= 15 is 0 Å². The van der Waals surface area contributed by atoms with E-state index in [2.05, 4.69) is 5.32 Å². The van der Waals surface area contributed by atoms with Crippen LogP contribution in [0.1, 0.15) is 17.1 Å². The van der Waals surface area contributed by atoms with Crippen LogP contribution in [0.15, 0.2) is 45.7 Å². The van der Waals surface area contributed by atoms with Gasteiger partial charge in [-0.1, -0.05) is 12.1 Å². The Labute approximate surface area is 118 Å². The minimum Gasteiger partial charge on any atom is -0.463 e. The van der Waals surface area contributed by atoms with Crippen molar-refractivity contribution >= 4 is 9.84 Å². The van der Waals surface area contributed by atoms with E-state index in [0.717, 1.165) is 17.1 Å². The molecule has 20 heavy (non-hydrogen) atoms. The summed E-state index contributed by atoms with van der Waals surface area (Å²) in [6.07, 6.45) is 1.20. The smallest absolute Gasteiger partial charge is 0.175 e. The SMILES string of the molecule is CS(=O)(=O)c1ccc(CNCc2ccc(CN)o2)cc1. The van der Waals surface area contributed by atoms with Gasteiger partial charge in [0.25, 0.3) is 0 Å². The number of nitrogens with one attached hydrogen (secondary N) is 1. The Morgan fingerprint density at radius 1 is 1.05 bits per heavy atom. The van der Waals surface area contributed by atoms with Gasteiger partial charge in [-0.15, -0.1) is 0 Å². The Morgan fingerprint density at radius 2 is 1.70 bits per heavy atom. The predicted molar refractivity (Wildman–Crippen MR) is 76.7 cm³/mol. The molecule has 0 fully saturated rings. The summed E-state index contributed by atoms with van der Waals surface area (Å²) in [4.78, 5) is 0.333. The summed E-state index contributed by atoms with van der Waals surface area (Å²) < 4.78 is 28.1. The number of furan rings is 1. The van der Waals surface area contributed by atoms with Gasteiger partial charge in [-0.25, -0.2) is 8.42 Å². The number of rotatable bonds is 6. The molecule has 6 heteroatoms. The van der Waals surface area contributed by atoms with E-state index in [9.17, 15) is 8.42 Å². The van der Waals surface area contributed by atoms with Crippen molar-refractivity contribution in [2.75, 3.05) is 6.26 Å². The fourth-order valence-corrected chi connectivity index (χ4v) is 2.44. The van der Waals surface area contributed by atoms with E-state index in [1.807, 2.05) is 12.1 Å². The Hall–Kier alpha value is -1.63. The third-order valence-electron chi connectivity index (χ3n) is 2.90. The minimum atomic E-state index is -3.13. The van der Waals surface area contributed by atoms with Crippen LogP contribution in [0.25, 0.3) is 0 Å². The van der Waals surface area contributed by atoms with Gasteiger partial charge in [-0.3, -0.25) is 0 Å². The zero-order valence-corrected chi connectivity index (χ0v) is 12.1. The molecule has 2 aromatic rings. The Morgan fingerprint density at radius 3 is 2.25 bits per heavy atom. The predicted octanol–water partition coefficient (Wildman–Crippen LogP) is 1.43. The third-order valence-corrected chi connectivity index (χ3v) is 4.03. The molecule has 5 nitrogen and oxygen atoms in total. The summed E-state index contributed by atoms with van der Waals surface area (Å²) in [5.41, 5.74) is 6.49. The van der Waals surface area contributed by atoms with Crippen LogP contribution in [0.5, 0.6) is 0 Å². The van der Waals surface area contributed by atoms with Crippen molar-refractivity contribution in [3.05, 3.63) is 53.5 Å². The average Bonchev–Trinajstić information content (AvgIpc) is 2.86. The lowest BCUT2D eigenvalue weighted by Crippen LogP contribution is -2.12. The lowest BCUT2D eigenvalue weighted by atomic mass is 10.2. The van der Waals surface area contributed by atoms with Crippen LogP contribution in [-0.4, -0.2) is 14.7 Å². The van der Waals surface area contributed by atoms with E-state index in [4.69, 9.17) is 10.2 Å². The highest BCUT2D eigenvalue weighted by molar-refractivity contribution is 7.90. The normalized spacial score (nSPS) is 11.7. The molecule has 1 heterocycles. The molecule has 2 rings (SSSR count). The second-order valence-electron chi connectivity index (χ2n) is 4.59. The van der Waals surface area contributed by atoms with Crippen molar-refractivity contribution in [1.29, 1.82) is 0 Å². The Bertz CT molecular complexity index is 660. The molecule has 0 bridgehead atoms. The molecule has 1 aromatic heterocycles. The third kappa shape index (κ3) is 3.93. The number of hydrogen-bond acceptors (Lipinski definition) is 5. The van der Waals surface area contributed by atoms with Crippen LogP contribution >= 0.6 is 0 Å². The van der Waals surface area contributed by atoms with Crippen molar-refractivity contribution in [3.63, 3.8) is 0 Å². The molecule has 0 saturated carbocycles. The van der Waals surface area contributed by atoms with E-state index in [-0.39, 0.29) is 0 Å². The van der Waals surface area contributed by atoms with Crippen LogP contribution < -0.4 is 11.1 Å². The number of sulfone groups is 1. The summed E-state index contributed by atoms with van der Waals surface area (Å²) in [5, 5.41) is 3.23. The van der Waals surface area contributed by atoms with Gasteiger partial charge in [0.1, 0.15) is 11.5 Å². The standard InChI is InChI=1S/C14H18N2O3S/c1-20(17,18)14-6-2-11(3-7-14)9-16-10-13-5-4-12(8-15)19-13/h2-7,16H,8-10,15H2,1H3. The first-order valence-electron chi connectivity index (χ1n) is 6.26. The van der Waals surface area contributed by atoms with Crippen molar-refractivity contribution in [2.24, 2.45) is 5.73 Å². The highest BCUT2D eigenvalue weighted by Crippen LogP contribution is 2.11. The topological polar surface area (TPSA) is 85.3 Å². The van der Waals surface area contributed by atoms with Gasteiger partial charge in [0.05, 0.1) is 18.0 Å². The number of nitrogens with two attached hydrogens (primary N) is 1. The van der Waals surface area contributed by atoms with Gasteiger partial charge in [-0.2, -0.15) is 0 Å². The van der Waals surface area contributed by atoms with Crippen molar-refractivity contribution < 1.29 is 12.8 Å². The first-order valence-corrected chi connectivity index (χ1v) is 8.15. The summed E-state index contributed by atoms with van der Waals surface area (Å²) in [6.45, 7) is 1.64. The maximum absolute atomic E-state index is 11.3. The lowest BCUT2D eigenvalue weighted by molar-refractivity contribution is 0.448. The van der Waals surface area contributed by atoms with Gasteiger partial charge >= 0.3 is 0 Å². The maximum atomic E-state index is 11.3. The molecule has 0 aliphatic carbocycles. The molecule has 1 aromatic carbocycles. The van der Waals surface area contributed by atoms with Gasteiger partial charge in [0.15, 0.2) is 9.84 Å². The quantitative estimate of drug-likeness (QED) is 0.842. The first-order chi connectivity index (χ1) is 9.49. The summed E-state index contributed by atoms with van der Waals surface area (Å²) in [7, 11) is -3.13. The van der Waals surface area contributed by atoms with Crippen molar-refractivity contribution in [3.8, 4) is 0 Å². The second-order valence-corrected chi connectivity index (χ2v) is 6.61. The molecular formula is C14H18N2O3S. The molecule has 0 radical (unpaired) electrons. The summed E-state index contributed by atoms with van der Waals surface area (Å²) in [6, 6.07) is 10.6. The first kappa shape index (κ1) is 14.8. The molecule has 0 amide bonds. The van der Waals surface area contributed by atoms with Gasteiger partial charge in [0.2, 0.25) is 0 Å². The molecule has 0 aliphatic rings. The molecule has 0 atom stereocenters. The van der Waals surface area contributed by atoms with Crippen molar-refractivity contribution in [2.45, 2.75) is 24.5 Å². The van der Waals surface area contributed by atoms with E-state index in [1.165, 1.54) is 6.26 Å². The zero-order valence-electron chi connectivity index (χ0n) is 11.3. The highest BCUT2D eigenvalue weighted by atomic mass is 32.2. The fraction of sp³-hybridized carbons (Fsp3) is 0.286. The number of benzene rings is 1. The Balaban J connectivity index is 1.88. The molecular weight excluding hydrogens is 276 g/mol. The van der Waals surface area contributed by atoms with Crippen LogP contribution in [0, 0.1) is 0 Å². The minimum absolute atomic E-state index is 0.333. The van der Waals surface area contributed by atoms with Crippen LogP contribution in [0.3, 0.4) is 0 Å². The molecule has 108 valence electrons. The second kappa shape index (κ2) is 6.21. The van der Waals surface area contributed by atoms with Gasteiger partial charge in [0, 0.05) is 12.8 Å². The summed E-state index contributed by atoms with van der Waals surface area (Å²) >= 11 is 0. The largest absolute Gasteiger partial charge is 0.463 e. The van der Waals surface area contributed by atoms with E-state index in [1.54, 1.807) is 24.3 Å². The van der Waals surface area contributed by atoms with Gasteiger partial charge < -0.3 is 15.5 Å². The highest BCUT2D eigenvalue weighted by Gasteiger charge is 2.06. The average molecular weight is 294 g/mol. The van der Waals surface area contributed by atoms with E-state index < -0.39 is 9.84 Å². The monoisotopic (exact) mass is 294 g/mol. The number of hydrogen-bond donors (Lipinski definition) is 2. The molecule has 0 saturated heterocycles. The van der Waals surface area contributed by atoms with Crippen molar-refractivity contribution in [1.82, 2.24) is 5.32 Å². The molecule has 3 N–H and O–H groups in total. The van der Waals surface area contributed by atoms with Crippen LogP contribution in [0.4, 0.5) is 0 Å². The van der Waals surface area contributed by atoms with Gasteiger partial charge in [-0.05, 0) is 29.8 Å². The maximum Gasteiger partial charge on any atom is 0.175 e. The molecule has 0 spiro atoms. The van der Waals surface area contributed by atoms with Crippen LogP contribution in [-0.2, 0) is 29.5 Å². The Kier molecular flexibility index (Phi) is 4.59. The fourth-order valence-electron chi connectivity index (χ4n) is 1.81.